The first kappa shape index (κ1) is 14.3. The molecule has 2 aliphatic rings. The van der Waals surface area contributed by atoms with Crippen molar-refractivity contribution in [3.8, 4) is 0 Å². The summed E-state index contributed by atoms with van der Waals surface area (Å²) in [5.41, 5.74) is -0.644. The van der Waals surface area contributed by atoms with Gasteiger partial charge in [-0.1, -0.05) is 0 Å². The maximum Gasteiger partial charge on any atom is 0.303 e. The minimum atomic E-state index is -0.755. The molecule has 5 heteroatoms. The third kappa shape index (κ3) is 3.47. The van der Waals surface area contributed by atoms with Crippen molar-refractivity contribution >= 4 is 11.9 Å². The zero-order valence-corrected chi connectivity index (χ0v) is 11.6. The molecule has 1 amide bonds. The molecule has 0 aliphatic carbocycles. The number of carbonyl (C=O) groups excluding carboxylic acids is 1. The number of carboxylic acids is 1. The van der Waals surface area contributed by atoms with Gasteiger partial charge in [0.05, 0.1) is 0 Å². The van der Waals surface area contributed by atoms with Crippen LogP contribution in [0.5, 0.6) is 0 Å². The standard InChI is InChI=1S/C14H23NO4/c1-14(7-3-9-19-14)13(18)15-8-2-4-11(10-15)5-6-12(16)17/h11H,2-10H2,1H3,(H,16,17). The maximum absolute atomic E-state index is 12.5. The summed E-state index contributed by atoms with van der Waals surface area (Å²) in [6, 6.07) is 0. The van der Waals surface area contributed by atoms with Crippen LogP contribution in [0, 0.1) is 5.92 Å². The van der Waals surface area contributed by atoms with Crippen LogP contribution in [-0.2, 0) is 14.3 Å². The fraction of sp³-hybridized carbons (Fsp3) is 0.857. The van der Waals surface area contributed by atoms with Gasteiger partial charge in [0.1, 0.15) is 5.60 Å². The minimum absolute atomic E-state index is 0.0880. The number of rotatable bonds is 4. The molecule has 2 aliphatic heterocycles. The van der Waals surface area contributed by atoms with E-state index in [2.05, 4.69) is 0 Å². The zero-order valence-electron chi connectivity index (χ0n) is 11.6. The van der Waals surface area contributed by atoms with Gasteiger partial charge >= 0.3 is 5.97 Å². The third-order valence-corrected chi connectivity index (χ3v) is 4.24. The van der Waals surface area contributed by atoms with Crippen molar-refractivity contribution in [2.75, 3.05) is 19.7 Å². The first-order valence-electron chi connectivity index (χ1n) is 7.16. The van der Waals surface area contributed by atoms with E-state index in [1.54, 1.807) is 0 Å². The van der Waals surface area contributed by atoms with Crippen LogP contribution >= 0.6 is 0 Å². The number of likely N-dealkylation sites (tertiary alicyclic amines) is 1. The second-order valence-corrected chi connectivity index (χ2v) is 5.87. The van der Waals surface area contributed by atoms with Crippen LogP contribution in [0.4, 0.5) is 0 Å². The predicted octanol–water partition coefficient (Wildman–Crippen LogP) is 1.66. The number of amides is 1. The molecule has 2 fully saturated rings. The van der Waals surface area contributed by atoms with Gasteiger partial charge in [0, 0.05) is 26.1 Å². The minimum Gasteiger partial charge on any atom is -0.481 e. The molecule has 2 atom stereocenters. The Morgan fingerprint density at radius 1 is 1.42 bits per heavy atom. The van der Waals surface area contributed by atoms with E-state index in [4.69, 9.17) is 9.84 Å². The van der Waals surface area contributed by atoms with Gasteiger partial charge in [0.2, 0.25) is 0 Å². The second-order valence-electron chi connectivity index (χ2n) is 5.87. The Labute approximate surface area is 113 Å². The lowest BCUT2D eigenvalue weighted by atomic mass is 9.91. The molecule has 2 heterocycles. The number of piperidine rings is 1. The Bertz CT molecular complexity index is 349. The first-order valence-corrected chi connectivity index (χ1v) is 7.16. The topological polar surface area (TPSA) is 66.8 Å². The Balaban J connectivity index is 1.89. The van der Waals surface area contributed by atoms with E-state index in [1.165, 1.54) is 0 Å². The van der Waals surface area contributed by atoms with E-state index in [0.29, 0.717) is 25.5 Å². The summed E-state index contributed by atoms with van der Waals surface area (Å²) >= 11 is 0. The molecule has 1 N–H and O–H groups in total. The van der Waals surface area contributed by atoms with E-state index in [0.717, 1.165) is 32.2 Å². The smallest absolute Gasteiger partial charge is 0.303 e. The summed E-state index contributed by atoms with van der Waals surface area (Å²) < 4.78 is 5.60. The van der Waals surface area contributed by atoms with Gasteiger partial charge in [-0.2, -0.15) is 0 Å². The molecule has 0 aromatic rings. The van der Waals surface area contributed by atoms with Crippen LogP contribution in [0.1, 0.15) is 45.4 Å². The van der Waals surface area contributed by atoms with Gasteiger partial charge in [-0.3, -0.25) is 9.59 Å². The number of carbonyl (C=O) groups is 2. The lowest BCUT2D eigenvalue weighted by molar-refractivity contribution is -0.153. The van der Waals surface area contributed by atoms with Crippen LogP contribution in [-0.4, -0.2) is 47.2 Å². The van der Waals surface area contributed by atoms with Crippen molar-refractivity contribution < 1.29 is 19.4 Å². The molecule has 0 spiro atoms. The second kappa shape index (κ2) is 5.90. The number of hydrogen-bond acceptors (Lipinski definition) is 3. The van der Waals surface area contributed by atoms with Crippen molar-refractivity contribution in [3.05, 3.63) is 0 Å². The summed E-state index contributed by atoms with van der Waals surface area (Å²) in [4.78, 5) is 25.0. The molecule has 5 nitrogen and oxygen atoms in total. The lowest BCUT2D eigenvalue weighted by Crippen LogP contribution is -2.50. The average Bonchev–Trinajstić information content (AvgIpc) is 2.84. The molecule has 2 unspecified atom stereocenters. The van der Waals surface area contributed by atoms with Gasteiger partial charge in [0.15, 0.2) is 0 Å². The molecule has 19 heavy (non-hydrogen) atoms. The van der Waals surface area contributed by atoms with E-state index in [9.17, 15) is 9.59 Å². The van der Waals surface area contributed by atoms with Crippen molar-refractivity contribution in [2.45, 2.75) is 51.0 Å². The molecule has 2 saturated heterocycles. The molecular weight excluding hydrogens is 246 g/mol. The molecule has 0 saturated carbocycles. The maximum atomic E-state index is 12.5. The lowest BCUT2D eigenvalue weighted by Gasteiger charge is -2.37. The van der Waals surface area contributed by atoms with Crippen LogP contribution in [0.2, 0.25) is 0 Å². The van der Waals surface area contributed by atoms with E-state index in [-0.39, 0.29) is 12.3 Å². The summed E-state index contributed by atoms with van der Waals surface area (Å²) in [5, 5.41) is 8.73. The molecule has 0 bridgehead atoms. The van der Waals surface area contributed by atoms with Crippen molar-refractivity contribution in [1.82, 2.24) is 4.90 Å². The SMILES string of the molecule is CC1(C(=O)N2CCCC(CCC(=O)O)C2)CCCO1. The third-order valence-electron chi connectivity index (χ3n) is 4.24. The highest BCUT2D eigenvalue weighted by atomic mass is 16.5. The van der Waals surface area contributed by atoms with E-state index in [1.807, 2.05) is 11.8 Å². The normalized spacial score (nSPS) is 31.4. The molecule has 0 radical (unpaired) electrons. The number of aliphatic carboxylic acids is 1. The first-order chi connectivity index (χ1) is 9.01. The van der Waals surface area contributed by atoms with Crippen LogP contribution in [0.15, 0.2) is 0 Å². The summed E-state index contributed by atoms with van der Waals surface area (Å²) in [7, 11) is 0. The molecule has 108 valence electrons. The Kier molecular flexibility index (Phi) is 4.45. The number of ether oxygens (including phenoxy) is 1. The van der Waals surface area contributed by atoms with Crippen LogP contribution < -0.4 is 0 Å². The molecule has 2 rings (SSSR count). The summed E-state index contributed by atoms with van der Waals surface area (Å²) in [6.45, 7) is 4.01. The fourth-order valence-corrected chi connectivity index (χ4v) is 3.09. The number of carboxylic acid groups (broad SMARTS) is 1. The van der Waals surface area contributed by atoms with Gasteiger partial charge in [0.25, 0.3) is 5.91 Å². The highest BCUT2D eigenvalue weighted by Crippen LogP contribution is 2.30. The zero-order chi connectivity index (χ0) is 13.9. The highest BCUT2D eigenvalue weighted by molar-refractivity contribution is 5.85. The summed E-state index contributed by atoms with van der Waals surface area (Å²) in [6.07, 6.45) is 4.58. The van der Waals surface area contributed by atoms with E-state index < -0.39 is 11.6 Å². The quantitative estimate of drug-likeness (QED) is 0.843. The van der Waals surface area contributed by atoms with Crippen molar-refractivity contribution in [1.29, 1.82) is 0 Å². The molecular formula is C14H23NO4. The Morgan fingerprint density at radius 2 is 2.21 bits per heavy atom. The largest absolute Gasteiger partial charge is 0.481 e. The van der Waals surface area contributed by atoms with Crippen molar-refractivity contribution in [2.24, 2.45) is 5.92 Å². The van der Waals surface area contributed by atoms with Gasteiger partial charge in [-0.15, -0.1) is 0 Å². The van der Waals surface area contributed by atoms with Crippen molar-refractivity contribution in [3.63, 3.8) is 0 Å². The predicted molar refractivity (Wildman–Crippen MR) is 69.8 cm³/mol. The monoisotopic (exact) mass is 269 g/mol. The molecule has 0 aromatic heterocycles. The molecule has 0 aromatic carbocycles. The van der Waals surface area contributed by atoms with Gasteiger partial charge in [-0.25, -0.2) is 0 Å². The summed E-state index contributed by atoms with van der Waals surface area (Å²) in [5.74, 6) is -0.349. The van der Waals surface area contributed by atoms with Gasteiger partial charge in [-0.05, 0) is 44.9 Å². The number of hydrogen-bond donors (Lipinski definition) is 1. The highest BCUT2D eigenvalue weighted by Gasteiger charge is 2.41. The average molecular weight is 269 g/mol. The fourth-order valence-electron chi connectivity index (χ4n) is 3.09. The van der Waals surface area contributed by atoms with E-state index >= 15 is 0 Å². The number of nitrogens with zero attached hydrogens (tertiary/aromatic N) is 1. The Morgan fingerprint density at radius 3 is 2.84 bits per heavy atom. The van der Waals surface area contributed by atoms with Crippen LogP contribution in [0.25, 0.3) is 0 Å². The Hall–Kier alpha value is -1.10. The van der Waals surface area contributed by atoms with Gasteiger partial charge < -0.3 is 14.7 Å². The van der Waals surface area contributed by atoms with Crippen LogP contribution in [0.3, 0.4) is 0 Å².